The normalized spacial score (nSPS) is 13.9. The molecule has 0 bridgehead atoms. The Hall–Kier alpha value is -4.38. The zero-order chi connectivity index (χ0) is 29.4. The van der Waals surface area contributed by atoms with Crippen molar-refractivity contribution in [1.82, 2.24) is 31.5 Å². The van der Waals surface area contributed by atoms with Gasteiger partial charge in [0.2, 0.25) is 29.5 Å². The van der Waals surface area contributed by atoms with Crippen LogP contribution in [0.1, 0.15) is 32.1 Å². The molecule has 2 atom stereocenters. The minimum absolute atomic E-state index is 0.152. The molecule has 0 aromatic rings. The molecule has 0 aliphatic carbocycles. The van der Waals surface area contributed by atoms with Gasteiger partial charge in [-0.3, -0.25) is 48.6 Å². The van der Waals surface area contributed by atoms with Crippen molar-refractivity contribution >= 4 is 47.3 Å². The number of aliphatic hydroxyl groups is 1. The predicted molar refractivity (Wildman–Crippen MR) is 131 cm³/mol. The van der Waals surface area contributed by atoms with Crippen LogP contribution in [-0.4, -0.2) is 107 Å². The summed E-state index contributed by atoms with van der Waals surface area (Å²) in [6, 6.07) is -1.36. The molecule has 1 aliphatic rings. The van der Waals surface area contributed by atoms with Crippen molar-refractivity contribution in [3.05, 3.63) is 12.2 Å². The molecule has 0 radical (unpaired) electrons. The van der Waals surface area contributed by atoms with E-state index in [2.05, 4.69) is 26.6 Å². The fourth-order valence-electron chi connectivity index (χ4n) is 3.17. The highest BCUT2D eigenvalue weighted by molar-refractivity contribution is 6.12. The molecule has 0 saturated carbocycles. The van der Waals surface area contributed by atoms with E-state index in [9.17, 15) is 43.5 Å². The quantitative estimate of drug-likeness (QED) is 0.0425. The highest BCUT2D eigenvalue weighted by atomic mass is 16.4. The summed E-state index contributed by atoms with van der Waals surface area (Å²) in [5, 5.41) is 30.4. The number of amides is 7. The Morgan fingerprint density at radius 1 is 0.795 bits per heavy atom. The number of carbonyl (C=O) groups is 8. The monoisotopic (exact) mass is 555 g/mol. The van der Waals surface area contributed by atoms with Crippen molar-refractivity contribution in [2.45, 2.75) is 44.4 Å². The molecule has 1 rings (SSSR count). The predicted octanol–water partition coefficient (Wildman–Crippen LogP) is -4.83. The number of hydrogen-bond acceptors (Lipinski definition) is 10. The van der Waals surface area contributed by atoms with Crippen molar-refractivity contribution in [3.8, 4) is 0 Å². The van der Waals surface area contributed by atoms with Crippen LogP contribution in [-0.2, 0) is 38.4 Å². The van der Waals surface area contributed by atoms with E-state index in [1.54, 1.807) is 0 Å². The van der Waals surface area contributed by atoms with Crippen LogP contribution >= 0.6 is 0 Å². The summed E-state index contributed by atoms with van der Waals surface area (Å²) < 4.78 is 0. The number of aliphatic hydroxyl groups excluding tert-OH is 1. The summed E-state index contributed by atoms with van der Waals surface area (Å²) in [6.45, 7) is -1.75. The van der Waals surface area contributed by atoms with Gasteiger partial charge in [0.25, 0.3) is 11.8 Å². The van der Waals surface area contributed by atoms with Crippen LogP contribution in [0.4, 0.5) is 0 Å². The standard InChI is InChI=1S/C22H33N7O10/c23-14(30)9-24-16(32)10-25-17(33)11-26-18(34)12-27-22(39)13(8-21(37)38)28-15(31)4-2-1-3-7-29-19(35)5-6-20(29)36/h5-6,13,15,28,31H,1-4,7-12H2,(H2,23,30)(H,24,32)(H,25,33)(H,26,34)(H,27,39)(H,37,38)/t13-,15?/m1/s1. The highest BCUT2D eigenvalue weighted by Crippen LogP contribution is 2.09. The van der Waals surface area contributed by atoms with E-state index in [-0.39, 0.29) is 24.8 Å². The molecular weight excluding hydrogens is 522 g/mol. The molecule has 216 valence electrons. The summed E-state index contributed by atoms with van der Waals surface area (Å²) in [4.78, 5) is 93.1. The van der Waals surface area contributed by atoms with Gasteiger partial charge in [0.1, 0.15) is 6.23 Å². The van der Waals surface area contributed by atoms with E-state index < -0.39 is 80.4 Å². The van der Waals surface area contributed by atoms with E-state index in [1.807, 2.05) is 0 Å². The Kier molecular flexibility index (Phi) is 14.4. The van der Waals surface area contributed by atoms with Gasteiger partial charge in [-0.05, 0) is 19.3 Å². The third kappa shape index (κ3) is 14.2. The summed E-state index contributed by atoms with van der Waals surface area (Å²) in [5.41, 5.74) is 4.86. The first kappa shape index (κ1) is 32.6. The van der Waals surface area contributed by atoms with Crippen LogP contribution in [0.3, 0.4) is 0 Å². The second kappa shape index (κ2) is 17.2. The molecule has 17 nitrogen and oxygen atoms in total. The fraction of sp³-hybridized carbons (Fsp3) is 0.545. The fourth-order valence-corrected chi connectivity index (χ4v) is 3.17. The number of nitrogens with two attached hydrogens (primary N) is 1. The third-order valence-corrected chi connectivity index (χ3v) is 5.12. The molecule has 0 aromatic carbocycles. The molecule has 0 fully saturated rings. The number of carbonyl (C=O) groups excluding carboxylic acids is 7. The van der Waals surface area contributed by atoms with Crippen molar-refractivity contribution < 1.29 is 48.6 Å². The van der Waals surface area contributed by atoms with Crippen LogP contribution in [0, 0.1) is 0 Å². The van der Waals surface area contributed by atoms with Crippen LogP contribution in [0.15, 0.2) is 12.2 Å². The number of nitrogens with zero attached hydrogens (tertiary/aromatic N) is 1. The molecule has 1 unspecified atom stereocenters. The Balaban J connectivity index is 2.32. The highest BCUT2D eigenvalue weighted by Gasteiger charge is 2.25. The lowest BCUT2D eigenvalue weighted by molar-refractivity contribution is -0.140. The maximum Gasteiger partial charge on any atom is 0.305 e. The maximum absolute atomic E-state index is 12.4. The molecule has 1 aliphatic heterocycles. The maximum atomic E-state index is 12.4. The van der Waals surface area contributed by atoms with E-state index in [4.69, 9.17) is 10.8 Å². The molecule has 17 heteroatoms. The topological polar surface area (TPSA) is 266 Å². The van der Waals surface area contributed by atoms with Crippen LogP contribution in [0.5, 0.6) is 0 Å². The Morgan fingerprint density at radius 3 is 1.82 bits per heavy atom. The van der Waals surface area contributed by atoms with Gasteiger partial charge in [-0.2, -0.15) is 0 Å². The van der Waals surface area contributed by atoms with Gasteiger partial charge in [-0.15, -0.1) is 0 Å². The van der Waals surface area contributed by atoms with Crippen LogP contribution in [0.25, 0.3) is 0 Å². The zero-order valence-electron chi connectivity index (χ0n) is 21.1. The minimum atomic E-state index is -1.36. The summed E-state index contributed by atoms with van der Waals surface area (Å²) in [6.07, 6.45) is 2.11. The van der Waals surface area contributed by atoms with Crippen molar-refractivity contribution in [2.75, 3.05) is 32.7 Å². The average Bonchev–Trinajstić information content (AvgIpc) is 3.19. The van der Waals surface area contributed by atoms with Crippen molar-refractivity contribution in [1.29, 1.82) is 0 Å². The van der Waals surface area contributed by atoms with Gasteiger partial charge in [0.15, 0.2) is 0 Å². The van der Waals surface area contributed by atoms with Crippen molar-refractivity contribution in [2.24, 2.45) is 5.73 Å². The number of imide groups is 1. The number of carboxylic acid groups (broad SMARTS) is 1. The van der Waals surface area contributed by atoms with Gasteiger partial charge in [-0.1, -0.05) is 6.42 Å². The Labute approximate surface area is 222 Å². The van der Waals surface area contributed by atoms with Gasteiger partial charge < -0.3 is 37.2 Å². The molecule has 9 N–H and O–H groups in total. The molecule has 0 saturated heterocycles. The first-order chi connectivity index (χ1) is 18.4. The molecule has 1 heterocycles. The third-order valence-electron chi connectivity index (χ3n) is 5.12. The number of carboxylic acids is 1. The number of primary amides is 1. The van der Waals surface area contributed by atoms with E-state index in [1.165, 1.54) is 12.2 Å². The lowest BCUT2D eigenvalue weighted by atomic mass is 10.1. The second-order valence-electron chi connectivity index (χ2n) is 8.36. The van der Waals surface area contributed by atoms with Crippen LogP contribution in [0.2, 0.25) is 0 Å². The van der Waals surface area contributed by atoms with Gasteiger partial charge >= 0.3 is 5.97 Å². The van der Waals surface area contributed by atoms with E-state index in [0.717, 1.165) is 4.90 Å². The lowest BCUT2D eigenvalue weighted by Gasteiger charge is -2.21. The molecule has 39 heavy (non-hydrogen) atoms. The van der Waals surface area contributed by atoms with Gasteiger partial charge in [0.05, 0.1) is 38.6 Å². The number of aliphatic carboxylic acids is 1. The van der Waals surface area contributed by atoms with E-state index in [0.29, 0.717) is 19.3 Å². The number of rotatable bonds is 19. The zero-order valence-corrected chi connectivity index (χ0v) is 21.1. The number of nitrogens with one attached hydrogen (secondary N) is 5. The SMILES string of the molecule is NC(=O)CNC(=O)CNC(=O)CNC(=O)CNC(=O)[C@@H](CC(=O)O)NC(O)CCCCCN1C(=O)C=CC1=O. The summed E-state index contributed by atoms with van der Waals surface area (Å²) in [7, 11) is 0. The van der Waals surface area contributed by atoms with Gasteiger partial charge in [-0.25, -0.2) is 0 Å². The van der Waals surface area contributed by atoms with Crippen LogP contribution < -0.4 is 32.3 Å². The minimum Gasteiger partial charge on any atom is -0.481 e. The molecule has 7 amide bonds. The average molecular weight is 556 g/mol. The summed E-state index contributed by atoms with van der Waals surface area (Å²) in [5.74, 6) is -5.92. The first-order valence-electron chi connectivity index (χ1n) is 11.9. The largest absolute Gasteiger partial charge is 0.481 e. The molecular formula is C22H33N7O10. The number of unbranched alkanes of at least 4 members (excludes halogenated alkanes) is 2. The van der Waals surface area contributed by atoms with Gasteiger partial charge in [0, 0.05) is 18.7 Å². The number of hydrogen-bond donors (Lipinski definition) is 8. The van der Waals surface area contributed by atoms with Crippen molar-refractivity contribution in [3.63, 3.8) is 0 Å². The summed E-state index contributed by atoms with van der Waals surface area (Å²) >= 11 is 0. The Morgan fingerprint density at radius 2 is 1.31 bits per heavy atom. The Bertz CT molecular complexity index is 966. The smallest absolute Gasteiger partial charge is 0.305 e. The van der Waals surface area contributed by atoms with E-state index >= 15 is 0 Å². The molecule has 0 aromatic heterocycles. The first-order valence-corrected chi connectivity index (χ1v) is 11.9. The lowest BCUT2D eigenvalue weighted by Crippen LogP contribution is -2.51. The second-order valence-corrected chi connectivity index (χ2v) is 8.36. The molecule has 0 spiro atoms.